The first-order chi connectivity index (χ1) is 15.8. The number of nitrogens with one attached hydrogen (secondary N) is 1. The molecule has 33 heavy (non-hydrogen) atoms. The van der Waals surface area contributed by atoms with Crippen molar-refractivity contribution < 1.29 is 17.9 Å². The van der Waals surface area contributed by atoms with E-state index in [0.29, 0.717) is 35.9 Å². The number of imidazole rings is 1. The van der Waals surface area contributed by atoms with E-state index in [1.165, 1.54) is 16.8 Å². The number of halogens is 1. The maximum Gasteiger partial charge on any atom is 0.262 e. The average molecular weight is 489 g/mol. The van der Waals surface area contributed by atoms with E-state index < -0.39 is 15.9 Å². The highest BCUT2D eigenvalue weighted by Crippen LogP contribution is 2.29. The quantitative estimate of drug-likeness (QED) is 0.548. The lowest BCUT2D eigenvalue weighted by molar-refractivity contribution is -0.126. The Balaban J connectivity index is 1.42. The second-order valence-electron chi connectivity index (χ2n) is 7.96. The second-order valence-corrected chi connectivity index (χ2v) is 10.3. The SMILES string of the molecule is Cn1cnc(S(=O)(=O)N2CCC[C@@H](C(=O)NCc3ccc(Cl)cc3Oc3ccccc3)C2)c1. The van der Waals surface area contributed by atoms with Gasteiger partial charge >= 0.3 is 0 Å². The van der Waals surface area contributed by atoms with Crippen LogP contribution in [-0.4, -0.2) is 41.3 Å². The van der Waals surface area contributed by atoms with Gasteiger partial charge < -0.3 is 14.6 Å². The number of nitrogens with zero attached hydrogens (tertiary/aromatic N) is 3. The smallest absolute Gasteiger partial charge is 0.262 e. The minimum Gasteiger partial charge on any atom is -0.457 e. The zero-order valence-electron chi connectivity index (χ0n) is 18.1. The van der Waals surface area contributed by atoms with E-state index >= 15 is 0 Å². The van der Waals surface area contributed by atoms with Crippen molar-refractivity contribution in [2.45, 2.75) is 24.4 Å². The van der Waals surface area contributed by atoms with E-state index in [1.807, 2.05) is 30.3 Å². The molecule has 1 N–H and O–H groups in total. The first kappa shape index (κ1) is 23.3. The topological polar surface area (TPSA) is 93.5 Å². The highest BCUT2D eigenvalue weighted by atomic mass is 35.5. The molecule has 1 aliphatic rings. The van der Waals surface area contributed by atoms with Crippen LogP contribution >= 0.6 is 11.6 Å². The van der Waals surface area contributed by atoms with Crippen LogP contribution in [0.3, 0.4) is 0 Å². The molecule has 0 bridgehead atoms. The number of hydrogen-bond acceptors (Lipinski definition) is 5. The van der Waals surface area contributed by atoms with Crippen LogP contribution in [0, 0.1) is 5.92 Å². The van der Waals surface area contributed by atoms with Crippen molar-refractivity contribution in [3.05, 3.63) is 71.6 Å². The van der Waals surface area contributed by atoms with E-state index in [0.717, 1.165) is 5.56 Å². The molecular weight excluding hydrogens is 464 g/mol. The third-order valence-electron chi connectivity index (χ3n) is 5.49. The molecule has 0 spiro atoms. The van der Waals surface area contributed by atoms with Crippen LogP contribution < -0.4 is 10.1 Å². The van der Waals surface area contributed by atoms with E-state index in [-0.39, 0.29) is 24.0 Å². The van der Waals surface area contributed by atoms with E-state index in [1.54, 1.807) is 29.8 Å². The van der Waals surface area contributed by atoms with Crippen LogP contribution in [0.4, 0.5) is 0 Å². The van der Waals surface area contributed by atoms with Gasteiger partial charge in [0.25, 0.3) is 10.0 Å². The number of para-hydroxylation sites is 1. The summed E-state index contributed by atoms with van der Waals surface area (Å²) in [6, 6.07) is 14.6. The van der Waals surface area contributed by atoms with Gasteiger partial charge in [-0.3, -0.25) is 4.79 Å². The summed E-state index contributed by atoms with van der Waals surface area (Å²) in [6.07, 6.45) is 4.14. The van der Waals surface area contributed by atoms with Crippen molar-refractivity contribution in [1.82, 2.24) is 19.2 Å². The predicted octanol–water partition coefficient (Wildman–Crippen LogP) is 3.58. The summed E-state index contributed by atoms with van der Waals surface area (Å²) in [5.41, 5.74) is 0.769. The van der Waals surface area contributed by atoms with Gasteiger partial charge in [-0.05, 0) is 37.1 Å². The molecule has 2 heterocycles. The number of amides is 1. The number of carbonyl (C=O) groups is 1. The molecule has 1 aromatic heterocycles. The number of hydrogen-bond donors (Lipinski definition) is 1. The van der Waals surface area contributed by atoms with Crippen molar-refractivity contribution >= 4 is 27.5 Å². The van der Waals surface area contributed by atoms with Gasteiger partial charge in [0, 0.05) is 43.5 Å². The van der Waals surface area contributed by atoms with Crippen LogP contribution in [0.5, 0.6) is 11.5 Å². The van der Waals surface area contributed by atoms with Crippen LogP contribution in [0.2, 0.25) is 5.02 Å². The fourth-order valence-corrected chi connectivity index (χ4v) is 5.39. The number of sulfonamides is 1. The predicted molar refractivity (Wildman–Crippen MR) is 125 cm³/mol. The number of benzene rings is 2. The molecule has 1 fully saturated rings. The Labute approximate surface area is 198 Å². The van der Waals surface area contributed by atoms with Crippen molar-refractivity contribution in [2.75, 3.05) is 13.1 Å². The molecule has 1 amide bonds. The largest absolute Gasteiger partial charge is 0.457 e. The Morgan fingerprint density at radius 2 is 2.03 bits per heavy atom. The number of aromatic nitrogens is 2. The summed E-state index contributed by atoms with van der Waals surface area (Å²) >= 11 is 6.14. The van der Waals surface area contributed by atoms with Crippen LogP contribution in [0.1, 0.15) is 18.4 Å². The lowest BCUT2D eigenvalue weighted by atomic mass is 9.98. The van der Waals surface area contributed by atoms with Gasteiger partial charge in [-0.25, -0.2) is 13.4 Å². The number of rotatable bonds is 7. The molecule has 1 atom stereocenters. The van der Waals surface area contributed by atoms with Crippen molar-refractivity contribution in [3.63, 3.8) is 0 Å². The number of aryl methyl sites for hydroxylation is 1. The van der Waals surface area contributed by atoms with Gasteiger partial charge in [-0.15, -0.1) is 0 Å². The molecule has 0 aliphatic carbocycles. The summed E-state index contributed by atoms with van der Waals surface area (Å²) in [7, 11) is -2.02. The fourth-order valence-electron chi connectivity index (χ4n) is 3.74. The van der Waals surface area contributed by atoms with Crippen LogP contribution in [-0.2, 0) is 28.4 Å². The molecule has 4 rings (SSSR count). The highest BCUT2D eigenvalue weighted by molar-refractivity contribution is 7.89. The molecule has 10 heteroatoms. The number of carbonyl (C=O) groups excluding carboxylic acids is 1. The molecule has 0 radical (unpaired) electrons. The fraction of sp³-hybridized carbons (Fsp3) is 0.304. The normalized spacial score (nSPS) is 17.0. The minimum atomic E-state index is -3.73. The van der Waals surface area contributed by atoms with Gasteiger partial charge in [0.05, 0.1) is 12.2 Å². The van der Waals surface area contributed by atoms with Gasteiger partial charge in [0.2, 0.25) is 5.91 Å². The maximum absolute atomic E-state index is 12.9. The monoisotopic (exact) mass is 488 g/mol. The lowest BCUT2D eigenvalue weighted by Gasteiger charge is -2.30. The van der Waals surface area contributed by atoms with Crippen LogP contribution in [0.15, 0.2) is 66.1 Å². The Bertz CT molecular complexity index is 1230. The minimum absolute atomic E-state index is 0.00470. The molecule has 1 aliphatic heterocycles. The van der Waals surface area contributed by atoms with E-state index in [4.69, 9.17) is 16.3 Å². The van der Waals surface area contributed by atoms with Crippen molar-refractivity contribution in [3.8, 4) is 11.5 Å². The standard InChI is InChI=1S/C23H25ClN4O4S/c1-27-15-22(26-16-27)33(30,31)28-11-5-6-18(14-28)23(29)25-13-17-9-10-19(24)12-21(17)32-20-7-3-2-4-8-20/h2-4,7-10,12,15-16,18H,5-6,11,13-14H2,1H3,(H,25,29)/t18-/m1/s1. The van der Waals surface area contributed by atoms with Gasteiger partial charge in [-0.2, -0.15) is 4.31 Å². The highest BCUT2D eigenvalue weighted by Gasteiger charge is 2.34. The number of ether oxygens (including phenoxy) is 1. The molecule has 1 saturated heterocycles. The first-order valence-corrected chi connectivity index (χ1v) is 12.4. The Morgan fingerprint density at radius 3 is 2.76 bits per heavy atom. The Kier molecular flexibility index (Phi) is 7.02. The summed E-state index contributed by atoms with van der Waals surface area (Å²) in [6.45, 7) is 0.731. The molecular formula is C23H25ClN4O4S. The third kappa shape index (κ3) is 5.55. The number of piperidine rings is 1. The molecule has 0 unspecified atom stereocenters. The first-order valence-electron chi connectivity index (χ1n) is 10.6. The van der Waals surface area contributed by atoms with Gasteiger partial charge in [0.1, 0.15) is 11.5 Å². The molecule has 2 aromatic carbocycles. The van der Waals surface area contributed by atoms with Crippen molar-refractivity contribution in [1.29, 1.82) is 0 Å². The molecule has 8 nitrogen and oxygen atoms in total. The summed E-state index contributed by atoms with van der Waals surface area (Å²) in [4.78, 5) is 16.9. The van der Waals surface area contributed by atoms with E-state index in [9.17, 15) is 13.2 Å². The lowest BCUT2D eigenvalue weighted by Crippen LogP contribution is -2.45. The third-order valence-corrected chi connectivity index (χ3v) is 7.48. The van der Waals surface area contributed by atoms with Crippen molar-refractivity contribution in [2.24, 2.45) is 13.0 Å². The second kappa shape index (κ2) is 9.94. The zero-order valence-corrected chi connectivity index (χ0v) is 19.7. The summed E-state index contributed by atoms with van der Waals surface area (Å²) in [5, 5.41) is 3.45. The van der Waals surface area contributed by atoms with Gasteiger partial charge in [0.15, 0.2) is 5.03 Å². The summed E-state index contributed by atoms with van der Waals surface area (Å²) < 4.78 is 34.7. The molecule has 174 valence electrons. The molecule has 0 saturated carbocycles. The van der Waals surface area contributed by atoms with Gasteiger partial charge in [-0.1, -0.05) is 35.9 Å². The van der Waals surface area contributed by atoms with Crippen LogP contribution in [0.25, 0.3) is 0 Å². The zero-order chi connectivity index (χ0) is 23.4. The Hall–Kier alpha value is -2.88. The average Bonchev–Trinajstić information content (AvgIpc) is 3.26. The maximum atomic E-state index is 12.9. The van der Waals surface area contributed by atoms with E-state index in [2.05, 4.69) is 10.3 Å². The molecule has 3 aromatic rings. The summed E-state index contributed by atoms with van der Waals surface area (Å²) in [5.74, 6) is 0.576. The Morgan fingerprint density at radius 1 is 1.24 bits per heavy atom.